The van der Waals surface area contributed by atoms with E-state index in [2.05, 4.69) is 10.0 Å². The fourth-order valence-electron chi connectivity index (χ4n) is 1.57. The molecule has 78 valence electrons. The minimum atomic E-state index is -0.134. The summed E-state index contributed by atoms with van der Waals surface area (Å²) in [7, 11) is 0. The van der Waals surface area contributed by atoms with Crippen LogP contribution in [0.2, 0.25) is 0 Å². The van der Waals surface area contributed by atoms with Crippen molar-refractivity contribution in [1.29, 1.82) is 0 Å². The van der Waals surface area contributed by atoms with Gasteiger partial charge in [0.2, 0.25) is 5.91 Å². The highest BCUT2D eigenvalue weighted by Crippen LogP contribution is 2.10. The van der Waals surface area contributed by atoms with Crippen molar-refractivity contribution < 1.29 is 9.53 Å². The summed E-state index contributed by atoms with van der Waals surface area (Å²) in [5.74, 6) is -0.134. The van der Waals surface area contributed by atoms with E-state index in [1.807, 2.05) is 13.8 Å². The van der Waals surface area contributed by atoms with E-state index in [1.165, 1.54) is 0 Å². The molecule has 1 rings (SSSR count). The van der Waals surface area contributed by atoms with E-state index >= 15 is 0 Å². The Morgan fingerprint density at radius 2 is 2.14 bits per heavy atom. The smallest absolute Gasteiger partial charge is 0.228 e. The van der Waals surface area contributed by atoms with Crippen molar-refractivity contribution in [2.75, 3.05) is 19.6 Å². The van der Waals surface area contributed by atoms with Gasteiger partial charge in [-0.2, -0.15) is 0 Å². The summed E-state index contributed by atoms with van der Waals surface area (Å²) in [5.41, 5.74) is 8.08. The molecule has 0 N–H and O–H groups in total. The average molecular weight is 198 g/mol. The summed E-state index contributed by atoms with van der Waals surface area (Å²) in [6.07, 6.45) is 0.0996. The number of azide groups is 1. The molecule has 6 heteroatoms. The van der Waals surface area contributed by atoms with Crippen molar-refractivity contribution in [3.63, 3.8) is 0 Å². The Kier molecular flexibility index (Phi) is 3.73. The second-order valence-corrected chi connectivity index (χ2v) is 3.45. The minimum Gasteiger partial charge on any atom is -0.372 e. The van der Waals surface area contributed by atoms with E-state index in [0.29, 0.717) is 13.1 Å². The van der Waals surface area contributed by atoms with Crippen LogP contribution in [0.1, 0.15) is 13.8 Å². The maximum Gasteiger partial charge on any atom is 0.228 e. The summed E-state index contributed by atoms with van der Waals surface area (Å²) in [5, 5.41) is 3.25. The molecule has 1 fully saturated rings. The van der Waals surface area contributed by atoms with Gasteiger partial charge >= 0.3 is 0 Å². The minimum absolute atomic E-state index is 0.0498. The molecule has 0 radical (unpaired) electrons. The average Bonchev–Trinajstić information content (AvgIpc) is 2.12. The number of ether oxygens (including phenoxy) is 1. The molecule has 0 bridgehead atoms. The third kappa shape index (κ3) is 2.90. The summed E-state index contributed by atoms with van der Waals surface area (Å²) in [4.78, 5) is 15.7. The molecule has 1 amide bonds. The van der Waals surface area contributed by atoms with Crippen LogP contribution in [0.15, 0.2) is 5.11 Å². The van der Waals surface area contributed by atoms with Crippen molar-refractivity contribution in [3.05, 3.63) is 10.4 Å². The van der Waals surface area contributed by atoms with Crippen molar-refractivity contribution in [1.82, 2.24) is 4.90 Å². The lowest BCUT2D eigenvalue weighted by Gasteiger charge is -2.35. The second kappa shape index (κ2) is 4.83. The third-order valence-corrected chi connectivity index (χ3v) is 2.04. The molecule has 0 spiro atoms. The molecule has 1 saturated heterocycles. The number of rotatable bonds is 2. The quantitative estimate of drug-likeness (QED) is 0.376. The highest BCUT2D eigenvalue weighted by atomic mass is 16.5. The molecule has 0 saturated carbocycles. The first-order valence-corrected chi connectivity index (χ1v) is 4.57. The first-order chi connectivity index (χ1) is 6.63. The van der Waals surface area contributed by atoms with Gasteiger partial charge in [0.05, 0.1) is 12.2 Å². The van der Waals surface area contributed by atoms with Crippen LogP contribution in [-0.4, -0.2) is 42.6 Å². The molecule has 14 heavy (non-hydrogen) atoms. The Morgan fingerprint density at radius 3 is 2.64 bits per heavy atom. The van der Waals surface area contributed by atoms with Gasteiger partial charge < -0.3 is 9.64 Å². The maximum absolute atomic E-state index is 11.5. The zero-order valence-electron chi connectivity index (χ0n) is 8.38. The first kappa shape index (κ1) is 10.8. The van der Waals surface area contributed by atoms with E-state index < -0.39 is 0 Å². The van der Waals surface area contributed by atoms with Crippen LogP contribution in [0.3, 0.4) is 0 Å². The molecular weight excluding hydrogens is 184 g/mol. The van der Waals surface area contributed by atoms with E-state index in [1.54, 1.807) is 4.90 Å². The molecular formula is C8H14N4O2. The molecule has 2 atom stereocenters. The van der Waals surface area contributed by atoms with Gasteiger partial charge in [-0.25, -0.2) is 0 Å². The lowest BCUT2D eigenvalue weighted by molar-refractivity contribution is -0.141. The second-order valence-electron chi connectivity index (χ2n) is 3.45. The number of morpholine rings is 1. The Bertz CT molecular complexity index is 252. The van der Waals surface area contributed by atoms with E-state index in [4.69, 9.17) is 10.3 Å². The van der Waals surface area contributed by atoms with Crippen LogP contribution in [-0.2, 0) is 9.53 Å². The van der Waals surface area contributed by atoms with Gasteiger partial charge in [0.1, 0.15) is 6.54 Å². The molecule has 6 nitrogen and oxygen atoms in total. The topological polar surface area (TPSA) is 78.3 Å². The Labute approximate surface area is 82.5 Å². The predicted octanol–water partition coefficient (Wildman–Crippen LogP) is 0.932. The Morgan fingerprint density at radius 1 is 1.57 bits per heavy atom. The number of carbonyl (C=O) groups excluding carboxylic acids is 1. The maximum atomic E-state index is 11.5. The zero-order chi connectivity index (χ0) is 10.6. The van der Waals surface area contributed by atoms with Gasteiger partial charge in [0, 0.05) is 18.0 Å². The van der Waals surface area contributed by atoms with Crippen molar-refractivity contribution >= 4 is 5.91 Å². The highest BCUT2D eigenvalue weighted by Gasteiger charge is 2.24. The summed E-state index contributed by atoms with van der Waals surface area (Å²) in [6.45, 7) is 4.89. The van der Waals surface area contributed by atoms with E-state index in [9.17, 15) is 4.79 Å². The molecule has 0 aliphatic carbocycles. The number of nitrogens with zero attached hydrogens (tertiary/aromatic N) is 4. The van der Waals surface area contributed by atoms with Gasteiger partial charge in [0.15, 0.2) is 0 Å². The number of hydrogen-bond acceptors (Lipinski definition) is 3. The van der Waals surface area contributed by atoms with Gasteiger partial charge in [0.25, 0.3) is 0 Å². The predicted molar refractivity (Wildman–Crippen MR) is 50.6 cm³/mol. The summed E-state index contributed by atoms with van der Waals surface area (Å²) in [6, 6.07) is 0. The highest BCUT2D eigenvalue weighted by molar-refractivity contribution is 5.78. The van der Waals surface area contributed by atoms with Gasteiger partial charge in [-0.15, -0.1) is 0 Å². The number of carbonyl (C=O) groups is 1. The summed E-state index contributed by atoms with van der Waals surface area (Å²) < 4.78 is 5.47. The zero-order valence-corrected chi connectivity index (χ0v) is 8.38. The van der Waals surface area contributed by atoms with Gasteiger partial charge in [-0.1, -0.05) is 5.11 Å². The van der Waals surface area contributed by atoms with E-state index in [-0.39, 0.29) is 24.7 Å². The van der Waals surface area contributed by atoms with Crippen LogP contribution in [0.4, 0.5) is 0 Å². The fraction of sp³-hybridized carbons (Fsp3) is 0.875. The molecule has 0 aromatic carbocycles. The first-order valence-electron chi connectivity index (χ1n) is 4.57. The Balaban J connectivity index is 2.50. The van der Waals surface area contributed by atoms with Crippen molar-refractivity contribution in [2.45, 2.75) is 26.1 Å². The standard InChI is InChI=1S/C8H14N4O2/c1-6-4-12(5-7(2)14-6)8(13)3-10-11-9/h6-7H,3-5H2,1-2H3. The normalized spacial score (nSPS) is 26.9. The van der Waals surface area contributed by atoms with Crippen LogP contribution < -0.4 is 0 Å². The SMILES string of the molecule is CC1CN(C(=O)CN=[N+]=[N-])CC(C)O1. The largest absolute Gasteiger partial charge is 0.372 e. The van der Waals surface area contributed by atoms with Crippen LogP contribution in [0.25, 0.3) is 10.4 Å². The number of hydrogen-bond donors (Lipinski definition) is 0. The monoisotopic (exact) mass is 198 g/mol. The van der Waals surface area contributed by atoms with Crippen LogP contribution >= 0.6 is 0 Å². The molecule has 2 unspecified atom stereocenters. The fourth-order valence-corrected chi connectivity index (χ4v) is 1.57. The van der Waals surface area contributed by atoms with Gasteiger partial charge in [-0.3, -0.25) is 4.79 Å². The Hall–Kier alpha value is -1.26. The molecule has 1 aliphatic heterocycles. The van der Waals surface area contributed by atoms with Crippen molar-refractivity contribution in [3.8, 4) is 0 Å². The summed E-state index contributed by atoms with van der Waals surface area (Å²) >= 11 is 0. The lowest BCUT2D eigenvalue weighted by Crippen LogP contribution is -2.48. The van der Waals surface area contributed by atoms with Crippen LogP contribution in [0, 0.1) is 0 Å². The van der Waals surface area contributed by atoms with E-state index in [0.717, 1.165) is 0 Å². The van der Waals surface area contributed by atoms with Crippen molar-refractivity contribution in [2.24, 2.45) is 5.11 Å². The molecule has 1 heterocycles. The van der Waals surface area contributed by atoms with Gasteiger partial charge in [-0.05, 0) is 19.4 Å². The molecule has 0 aromatic heterocycles. The molecule has 1 aliphatic rings. The lowest BCUT2D eigenvalue weighted by atomic mass is 10.2. The number of amides is 1. The third-order valence-electron chi connectivity index (χ3n) is 2.04. The van der Waals surface area contributed by atoms with Crippen LogP contribution in [0.5, 0.6) is 0 Å². The molecule has 0 aromatic rings.